The average molecular weight is 204 g/mol. The Morgan fingerprint density at radius 3 is 2.73 bits per heavy atom. The zero-order chi connectivity index (χ0) is 11.1. The molecule has 0 saturated heterocycles. The van der Waals surface area contributed by atoms with E-state index in [1.54, 1.807) is 0 Å². The fraction of sp³-hybridized carbons (Fsp3) is 0.643. The fourth-order valence-corrected chi connectivity index (χ4v) is 2.65. The summed E-state index contributed by atoms with van der Waals surface area (Å²) in [4.78, 5) is 12.3. The Morgan fingerprint density at radius 1 is 1.27 bits per heavy atom. The lowest BCUT2D eigenvalue weighted by Crippen LogP contribution is -2.36. The van der Waals surface area contributed by atoms with Gasteiger partial charge in [0.15, 0.2) is 0 Å². The van der Waals surface area contributed by atoms with Gasteiger partial charge in [-0.05, 0) is 24.2 Å². The molecule has 0 saturated carbocycles. The largest absolute Gasteiger partial charge is 0.299 e. The summed E-state index contributed by atoms with van der Waals surface area (Å²) in [6.45, 7) is 6.43. The lowest BCUT2D eigenvalue weighted by Gasteiger charge is -2.35. The molecule has 0 aromatic rings. The second-order valence-corrected chi connectivity index (χ2v) is 5.88. The van der Waals surface area contributed by atoms with E-state index in [9.17, 15) is 4.79 Å². The number of ketones is 1. The van der Waals surface area contributed by atoms with Crippen molar-refractivity contribution in [3.05, 3.63) is 24.3 Å². The van der Waals surface area contributed by atoms with E-state index in [4.69, 9.17) is 0 Å². The zero-order valence-corrected chi connectivity index (χ0v) is 9.92. The minimum atomic E-state index is -0.140. The Kier molecular flexibility index (Phi) is 2.37. The van der Waals surface area contributed by atoms with Crippen LogP contribution in [0, 0.1) is 16.7 Å². The number of hydrogen-bond acceptors (Lipinski definition) is 1. The van der Waals surface area contributed by atoms with Crippen LogP contribution < -0.4 is 0 Å². The van der Waals surface area contributed by atoms with E-state index >= 15 is 0 Å². The van der Waals surface area contributed by atoms with Crippen LogP contribution in [0.1, 0.15) is 40.0 Å². The molecule has 0 aromatic carbocycles. The van der Waals surface area contributed by atoms with Crippen LogP contribution >= 0.6 is 0 Å². The molecule has 1 heteroatoms. The van der Waals surface area contributed by atoms with Gasteiger partial charge in [-0.2, -0.15) is 0 Å². The summed E-state index contributed by atoms with van der Waals surface area (Å²) >= 11 is 0. The lowest BCUT2D eigenvalue weighted by molar-refractivity contribution is -0.131. The molecular formula is C14H20O. The molecule has 0 bridgehead atoms. The van der Waals surface area contributed by atoms with E-state index in [1.165, 1.54) is 0 Å². The summed E-state index contributed by atoms with van der Waals surface area (Å²) < 4.78 is 0. The third-order valence-electron chi connectivity index (χ3n) is 3.95. The number of carbonyl (C=O) groups excluding carboxylic acids is 1. The molecule has 1 nitrogen and oxygen atoms in total. The minimum absolute atomic E-state index is 0.0391. The number of rotatable bonds is 0. The van der Waals surface area contributed by atoms with Crippen molar-refractivity contribution in [3.8, 4) is 0 Å². The van der Waals surface area contributed by atoms with Gasteiger partial charge in [0.25, 0.3) is 0 Å². The summed E-state index contributed by atoms with van der Waals surface area (Å²) in [6.07, 6.45) is 11.5. The molecule has 2 atom stereocenters. The quantitative estimate of drug-likeness (QED) is 0.552. The number of Topliss-reactive ketones (excluding diaryl/α,β-unsaturated/α-hetero) is 1. The third-order valence-corrected chi connectivity index (χ3v) is 3.95. The molecule has 0 aromatic heterocycles. The summed E-state index contributed by atoms with van der Waals surface area (Å²) in [6, 6.07) is 0. The maximum absolute atomic E-state index is 12.3. The molecule has 0 radical (unpaired) electrons. The van der Waals surface area contributed by atoms with Crippen molar-refractivity contribution < 1.29 is 4.79 Å². The van der Waals surface area contributed by atoms with Crippen LogP contribution in [0.15, 0.2) is 24.3 Å². The Labute approximate surface area is 92.3 Å². The van der Waals surface area contributed by atoms with Crippen molar-refractivity contribution in [3.63, 3.8) is 0 Å². The minimum Gasteiger partial charge on any atom is -0.299 e. The summed E-state index contributed by atoms with van der Waals surface area (Å²) in [5.74, 6) is 0.851. The topological polar surface area (TPSA) is 17.1 Å². The second-order valence-electron chi connectivity index (χ2n) is 5.88. The van der Waals surface area contributed by atoms with Crippen LogP contribution in [0.3, 0.4) is 0 Å². The Bertz CT molecular complexity index is 335. The highest BCUT2D eigenvalue weighted by Gasteiger charge is 2.43. The van der Waals surface area contributed by atoms with Crippen molar-refractivity contribution in [1.29, 1.82) is 0 Å². The van der Waals surface area contributed by atoms with E-state index in [-0.39, 0.29) is 10.8 Å². The van der Waals surface area contributed by atoms with Gasteiger partial charge >= 0.3 is 0 Å². The molecule has 15 heavy (non-hydrogen) atoms. The van der Waals surface area contributed by atoms with Gasteiger partial charge in [0.1, 0.15) is 5.78 Å². The summed E-state index contributed by atoms with van der Waals surface area (Å²) in [5.41, 5.74) is -0.101. The molecule has 0 spiro atoms. The molecule has 0 N–H and O–H groups in total. The first-order valence-electron chi connectivity index (χ1n) is 5.82. The van der Waals surface area contributed by atoms with Gasteiger partial charge in [-0.1, -0.05) is 45.1 Å². The molecule has 2 aliphatic carbocycles. The number of allylic oxidation sites excluding steroid dienone is 4. The van der Waals surface area contributed by atoms with E-state index in [0.717, 1.165) is 12.8 Å². The molecular weight excluding hydrogens is 184 g/mol. The van der Waals surface area contributed by atoms with Gasteiger partial charge in [-0.25, -0.2) is 0 Å². The molecule has 0 unspecified atom stereocenters. The SMILES string of the molecule is CC1(C)C=C[C@H]2CC=CC[C@@]2(C)C(=O)C1. The predicted molar refractivity (Wildman–Crippen MR) is 62.5 cm³/mol. The van der Waals surface area contributed by atoms with Crippen molar-refractivity contribution >= 4 is 5.78 Å². The smallest absolute Gasteiger partial charge is 0.140 e. The first kappa shape index (κ1) is 10.7. The number of hydrogen-bond donors (Lipinski definition) is 0. The highest BCUT2D eigenvalue weighted by Crippen LogP contribution is 2.45. The molecule has 0 fully saturated rings. The molecule has 2 rings (SSSR count). The first-order valence-corrected chi connectivity index (χ1v) is 5.82. The monoisotopic (exact) mass is 204 g/mol. The van der Waals surface area contributed by atoms with Gasteiger partial charge in [0.05, 0.1) is 0 Å². The maximum atomic E-state index is 12.3. The highest BCUT2D eigenvalue weighted by atomic mass is 16.1. The van der Waals surface area contributed by atoms with Crippen molar-refractivity contribution in [2.75, 3.05) is 0 Å². The fourth-order valence-electron chi connectivity index (χ4n) is 2.65. The Hall–Kier alpha value is -0.850. The normalized spacial score (nSPS) is 38.6. The van der Waals surface area contributed by atoms with Crippen molar-refractivity contribution in [2.24, 2.45) is 16.7 Å². The van der Waals surface area contributed by atoms with Gasteiger partial charge in [0.2, 0.25) is 0 Å². The van der Waals surface area contributed by atoms with E-state index in [0.29, 0.717) is 18.1 Å². The number of fused-ring (bicyclic) bond motifs is 1. The number of carbonyl (C=O) groups is 1. The summed E-state index contributed by atoms with van der Waals surface area (Å²) in [5, 5.41) is 0. The third kappa shape index (κ3) is 1.80. The molecule has 2 aliphatic rings. The predicted octanol–water partition coefficient (Wildman–Crippen LogP) is 3.51. The highest BCUT2D eigenvalue weighted by molar-refractivity contribution is 5.86. The second kappa shape index (κ2) is 3.33. The molecule has 0 heterocycles. The van der Waals surface area contributed by atoms with Gasteiger partial charge in [0, 0.05) is 11.8 Å². The van der Waals surface area contributed by atoms with Crippen LogP contribution in [0.2, 0.25) is 0 Å². The van der Waals surface area contributed by atoms with Crippen molar-refractivity contribution in [2.45, 2.75) is 40.0 Å². The van der Waals surface area contributed by atoms with Gasteiger partial charge < -0.3 is 0 Å². The van der Waals surface area contributed by atoms with E-state index in [2.05, 4.69) is 45.1 Å². The van der Waals surface area contributed by atoms with Crippen LogP contribution in [0.25, 0.3) is 0 Å². The summed E-state index contributed by atoms with van der Waals surface area (Å²) in [7, 11) is 0. The van der Waals surface area contributed by atoms with Crippen LogP contribution in [-0.4, -0.2) is 5.78 Å². The molecule has 0 aliphatic heterocycles. The van der Waals surface area contributed by atoms with Crippen LogP contribution in [0.5, 0.6) is 0 Å². The lowest BCUT2D eigenvalue weighted by atomic mass is 9.67. The Balaban J connectivity index is 2.38. The van der Waals surface area contributed by atoms with Crippen LogP contribution in [-0.2, 0) is 4.79 Å². The molecule has 82 valence electrons. The first-order chi connectivity index (χ1) is 6.94. The maximum Gasteiger partial charge on any atom is 0.140 e. The van der Waals surface area contributed by atoms with E-state index in [1.807, 2.05) is 0 Å². The van der Waals surface area contributed by atoms with Crippen molar-refractivity contribution in [1.82, 2.24) is 0 Å². The Morgan fingerprint density at radius 2 is 2.00 bits per heavy atom. The standard InChI is InChI=1S/C14H20O/c1-13(2)9-7-11-6-4-5-8-14(11,3)12(15)10-13/h4-5,7,9,11H,6,8,10H2,1-3H3/t11-,14-/m1/s1. The average Bonchev–Trinajstić information content (AvgIpc) is 2.23. The zero-order valence-electron chi connectivity index (χ0n) is 9.92. The molecule has 0 amide bonds. The van der Waals surface area contributed by atoms with Gasteiger partial charge in [-0.3, -0.25) is 4.79 Å². The van der Waals surface area contributed by atoms with Gasteiger partial charge in [-0.15, -0.1) is 0 Å². The van der Waals surface area contributed by atoms with Crippen LogP contribution in [0.4, 0.5) is 0 Å². The van der Waals surface area contributed by atoms with E-state index < -0.39 is 0 Å².